The van der Waals surface area contributed by atoms with E-state index in [0.29, 0.717) is 12.1 Å². The van der Waals surface area contributed by atoms with Crippen molar-refractivity contribution in [3.63, 3.8) is 0 Å². The van der Waals surface area contributed by atoms with Crippen LogP contribution in [-0.4, -0.2) is 118 Å². The van der Waals surface area contributed by atoms with Gasteiger partial charge in [-0.25, -0.2) is 14.4 Å². The topological polar surface area (TPSA) is 666 Å². The average Bonchev–Trinajstić information content (AvgIpc) is 0.748. The molecule has 10 aromatic carbocycles. The van der Waals surface area contributed by atoms with Crippen LogP contribution in [0.15, 0.2) is 202 Å². The maximum absolute atomic E-state index is 12.9. The molecule has 108 heavy (non-hydrogen) atoms. The number of rotatable bonds is 20. The smallest absolute Gasteiger partial charge is 0.507 e. The number of nitrogen functional groups attached to an aromatic ring is 3. The molecule has 0 atom stereocenters. The number of azo groups is 6. The van der Waals surface area contributed by atoms with E-state index in [2.05, 4.69) is 61.4 Å². The standard InChI is InChI=1S/C58H41N15O24S4.7Na/c1-97-40-19-26(65-72-51-44(101(94,95)96)21-30-28(54(51)77)7-9-35(60)48(30)69-63-25-5-13-39(75)33(18-25)58(83)84)3-11-37(40)67-73-52-42(99(88,89)90)15-22-14-41(98(85,86)87)49(46(61)45(22)55(52)78)70-66-36-10-2-23(16-31(36)56(79)80)64-71-50-43(100(91,92)93)20-29-27(53(50)76)6-8-34(59)47(29)68-62-24-4-12-38(74)32(17-24)57(81)82;;;;;;;/h2-21,74-78H,59-61H2,1H3,(H,79,80)(H,81,82)(H,83,84)(H,85,86,87)(H,88,89,90)(H,91,92,93)(H,94,95,96);;;;;;;/q;7*+1. The number of carbonyl (C=O) groups is 3. The predicted molar refractivity (Wildman–Crippen MR) is 351 cm³/mol. The van der Waals surface area contributed by atoms with Crippen molar-refractivity contribution in [1.29, 1.82) is 0 Å². The number of carboxylic acids is 3. The Morgan fingerprint density at radius 2 is 0.657 bits per heavy atom. The molecule has 0 radical (unpaired) electrons. The van der Waals surface area contributed by atoms with Gasteiger partial charge in [-0.3, -0.25) is 18.2 Å². The molecule has 0 fully saturated rings. The van der Waals surface area contributed by atoms with Gasteiger partial charge in [-0.15, -0.1) is 40.9 Å². The zero-order valence-corrected chi connectivity index (χ0v) is 74.3. The third-order valence-electron chi connectivity index (χ3n) is 14.3. The van der Waals surface area contributed by atoms with E-state index in [1.807, 2.05) is 0 Å². The van der Waals surface area contributed by atoms with Crippen LogP contribution in [0.4, 0.5) is 85.3 Å². The number of phenols is 5. The molecule has 0 aromatic heterocycles. The first kappa shape index (κ1) is 96.0. The molecule has 0 spiro atoms. The van der Waals surface area contributed by atoms with Crippen molar-refractivity contribution in [1.82, 2.24) is 0 Å². The van der Waals surface area contributed by atoms with Crippen LogP contribution in [0.3, 0.4) is 0 Å². The minimum Gasteiger partial charge on any atom is -0.507 e. The minimum absolute atomic E-state index is 0. The quantitative estimate of drug-likeness (QED) is 0.0146. The Morgan fingerprint density at radius 1 is 0.343 bits per heavy atom. The van der Waals surface area contributed by atoms with Crippen LogP contribution in [0.5, 0.6) is 34.5 Å². The molecule has 0 aliphatic carbocycles. The second-order valence-corrected chi connectivity index (χ2v) is 26.2. The normalized spacial score (nSPS) is 11.8. The summed E-state index contributed by atoms with van der Waals surface area (Å²) in [5.41, 5.74) is 9.24. The van der Waals surface area contributed by atoms with Gasteiger partial charge in [0.15, 0.2) is 17.2 Å². The van der Waals surface area contributed by atoms with Gasteiger partial charge >= 0.3 is 225 Å². The Hall–Kier alpha value is -6.17. The zero-order valence-electron chi connectivity index (χ0n) is 57.0. The molecule has 10 aromatic rings. The van der Waals surface area contributed by atoms with Crippen LogP contribution in [0.1, 0.15) is 31.1 Å². The van der Waals surface area contributed by atoms with Gasteiger partial charge in [-0.2, -0.15) is 54.1 Å². The third kappa shape index (κ3) is 20.9. The van der Waals surface area contributed by atoms with Crippen LogP contribution >= 0.6 is 0 Å². The van der Waals surface area contributed by atoms with E-state index in [1.54, 1.807) is 0 Å². The number of aromatic carboxylic acids is 3. The monoisotopic (exact) mass is 1620 g/mol. The molecule has 0 amide bonds. The fraction of sp³-hybridized carbons (Fsp3) is 0.0172. The molecule has 0 unspecified atom stereocenters. The fourth-order valence-corrected chi connectivity index (χ4v) is 12.2. The Labute approximate surface area is 761 Å². The Balaban J connectivity index is 0.00000432. The maximum atomic E-state index is 12.9. The van der Waals surface area contributed by atoms with E-state index >= 15 is 0 Å². The summed E-state index contributed by atoms with van der Waals surface area (Å²) in [4.78, 5) is 31.2. The van der Waals surface area contributed by atoms with Gasteiger partial charge in [0.2, 0.25) is 0 Å². The van der Waals surface area contributed by atoms with Gasteiger partial charge in [0.1, 0.15) is 93.5 Å². The van der Waals surface area contributed by atoms with Gasteiger partial charge < -0.3 is 62.8 Å². The third-order valence-corrected chi connectivity index (χ3v) is 17.7. The van der Waals surface area contributed by atoms with E-state index in [-0.39, 0.29) is 280 Å². The summed E-state index contributed by atoms with van der Waals surface area (Å²) in [7, 11) is -20.5. The molecule has 0 aliphatic rings. The first-order chi connectivity index (χ1) is 47.3. The molecule has 0 aliphatic heterocycles. The number of anilines is 3. The van der Waals surface area contributed by atoms with Gasteiger partial charge in [-0.1, -0.05) is 0 Å². The van der Waals surface area contributed by atoms with E-state index < -0.39 is 174 Å². The van der Waals surface area contributed by atoms with Crippen molar-refractivity contribution in [2.45, 2.75) is 19.6 Å². The molecule has 0 saturated carbocycles. The number of hydrogen-bond donors (Lipinski definition) is 15. The summed E-state index contributed by atoms with van der Waals surface area (Å²) in [6.45, 7) is 0. The molecule has 18 N–H and O–H groups in total. The van der Waals surface area contributed by atoms with Crippen molar-refractivity contribution < 1.29 is 319 Å². The number of nitrogens with two attached hydrogens (primary N) is 3. The van der Waals surface area contributed by atoms with Gasteiger partial charge in [0.05, 0.1) is 57.9 Å². The van der Waals surface area contributed by atoms with Gasteiger partial charge in [-0.05, 0) is 121 Å². The number of aromatic hydroxyl groups is 5. The average molecular weight is 1620 g/mol. The summed E-state index contributed by atoms with van der Waals surface area (Å²) in [5, 5.41) is 128. The molecular weight excluding hydrogens is 1580 g/mol. The Bertz CT molecular complexity index is 6030. The predicted octanol–water partition coefficient (Wildman–Crippen LogP) is -7.97. The molecule has 0 heterocycles. The van der Waals surface area contributed by atoms with E-state index in [9.17, 15) is 107 Å². The number of hydrogen-bond acceptors (Lipinski definition) is 32. The molecule has 39 nitrogen and oxygen atoms in total. The largest absolute Gasteiger partial charge is 1.00 e. The molecule has 10 rings (SSSR count). The van der Waals surface area contributed by atoms with E-state index in [1.165, 1.54) is 36.4 Å². The summed E-state index contributed by atoms with van der Waals surface area (Å²) < 4.78 is 150. The fourth-order valence-electron chi connectivity index (χ4n) is 9.57. The first-order valence-corrected chi connectivity index (χ1v) is 33.0. The maximum Gasteiger partial charge on any atom is 1.00 e. The first-order valence-electron chi connectivity index (χ1n) is 27.2. The van der Waals surface area contributed by atoms with Crippen LogP contribution in [-0.2, 0) is 40.5 Å². The molecular formula is C58H41N15Na7O24S4+7. The number of fused-ring (bicyclic) bond motifs is 3. The second-order valence-electron chi connectivity index (χ2n) is 20.6. The zero-order chi connectivity index (χ0) is 73.7. The Morgan fingerprint density at radius 3 is 1.05 bits per heavy atom. The Kier molecular flexibility index (Phi) is 34.1. The van der Waals surface area contributed by atoms with Crippen LogP contribution in [0, 0.1) is 0 Å². The number of nitrogens with zero attached hydrogens (tertiary/aromatic N) is 12. The molecule has 0 bridgehead atoms. The van der Waals surface area contributed by atoms with Crippen molar-refractivity contribution in [2.24, 2.45) is 61.4 Å². The summed E-state index contributed by atoms with van der Waals surface area (Å²) in [6, 6.07) is 19.8. The molecule has 50 heteroatoms. The number of benzene rings is 10. The number of phenolic OH excluding ortho intramolecular Hbond substituents is 3. The number of methoxy groups -OCH3 is 1. The second kappa shape index (κ2) is 38.4. The minimum atomic E-state index is -5.50. The van der Waals surface area contributed by atoms with E-state index in [4.69, 9.17) is 21.9 Å². The number of carboxylic acid groups (broad SMARTS) is 3. The van der Waals surface area contributed by atoms with Crippen LogP contribution in [0.2, 0.25) is 0 Å². The van der Waals surface area contributed by atoms with E-state index in [0.717, 1.165) is 79.9 Å². The summed E-state index contributed by atoms with van der Waals surface area (Å²) in [5.74, 6) is -9.38. The van der Waals surface area contributed by atoms with Crippen LogP contribution < -0.4 is 229 Å². The van der Waals surface area contributed by atoms with Crippen molar-refractivity contribution in [3.8, 4) is 34.5 Å². The van der Waals surface area contributed by atoms with Crippen molar-refractivity contribution in [3.05, 3.63) is 138 Å². The van der Waals surface area contributed by atoms with Gasteiger partial charge in [0, 0.05) is 27.6 Å². The van der Waals surface area contributed by atoms with Gasteiger partial charge in [0.25, 0.3) is 40.5 Å². The molecule has 0 saturated heterocycles. The summed E-state index contributed by atoms with van der Waals surface area (Å²) in [6.07, 6.45) is 0. The summed E-state index contributed by atoms with van der Waals surface area (Å²) >= 11 is 0. The molecule has 516 valence electrons. The number of ether oxygens (including phenoxy) is 1. The van der Waals surface area contributed by atoms with Crippen molar-refractivity contribution >= 4 is 176 Å². The van der Waals surface area contributed by atoms with Crippen LogP contribution in [0.25, 0.3) is 32.3 Å². The van der Waals surface area contributed by atoms with Crippen molar-refractivity contribution in [2.75, 3.05) is 24.3 Å². The SMILES string of the molecule is COc1cc(N=Nc2c(S(=O)(=O)O)cc3c(N=Nc4ccc(O)c(C(=O)O)c4)c(N)ccc3c2O)ccc1N=Nc1c(S(=O)(=O)O)cc2cc(S(=O)(=O)O)c(N=Nc3ccc(N=Nc4c(S(=O)(=O)O)cc5c(N=Nc6ccc(O)c(C(=O)O)c6)c(N)ccc5c4O)cc3C(=O)O)c(N)c2c1O.[Na+].[Na+].[Na+].[Na+].[Na+].[Na+].[Na+].